The predicted molar refractivity (Wildman–Crippen MR) is 69.6 cm³/mol. The summed E-state index contributed by atoms with van der Waals surface area (Å²) in [6, 6.07) is 8.48. The second kappa shape index (κ2) is 7.88. The number of aliphatic carboxylic acids is 1. The minimum absolute atomic E-state index is 0.165. The minimum atomic E-state index is -0.794. The Kier molecular flexibility index (Phi) is 6.10. The van der Waals surface area contributed by atoms with Crippen LogP contribution in [0.1, 0.15) is 41.6 Å². The number of carboxylic acids is 1. The highest BCUT2D eigenvalue weighted by molar-refractivity contribution is 5.94. The lowest BCUT2D eigenvalue weighted by atomic mass is 10.1. The molecule has 2 N–H and O–H groups in total. The van der Waals surface area contributed by atoms with E-state index in [2.05, 4.69) is 5.32 Å². The minimum Gasteiger partial charge on any atom is -0.481 e. The fourth-order valence-electron chi connectivity index (χ4n) is 1.61. The first-order chi connectivity index (χ1) is 9.13. The van der Waals surface area contributed by atoms with Gasteiger partial charge in [0, 0.05) is 18.5 Å². The predicted octanol–water partition coefficient (Wildman–Crippen LogP) is 1.93. The molecule has 19 heavy (non-hydrogen) atoms. The Morgan fingerprint density at radius 3 is 2.74 bits per heavy atom. The van der Waals surface area contributed by atoms with E-state index in [4.69, 9.17) is 10.4 Å². The summed E-state index contributed by atoms with van der Waals surface area (Å²) >= 11 is 0. The molecule has 1 aromatic carbocycles. The van der Waals surface area contributed by atoms with Crippen LogP contribution in [-0.2, 0) is 4.79 Å². The number of nitriles is 1. The Labute approximate surface area is 111 Å². The molecule has 0 fully saturated rings. The van der Waals surface area contributed by atoms with E-state index < -0.39 is 5.97 Å². The topological polar surface area (TPSA) is 90.2 Å². The maximum Gasteiger partial charge on any atom is 0.303 e. The summed E-state index contributed by atoms with van der Waals surface area (Å²) in [7, 11) is 0. The van der Waals surface area contributed by atoms with Gasteiger partial charge < -0.3 is 10.4 Å². The van der Waals surface area contributed by atoms with E-state index in [0.717, 1.165) is 12.8 Å². The molecule has 1 aromatic rings. The zero-order valence-electron chi connectivity index (χ0n) is 10.6. The zero-order chi connectivity index (χ0) is 14.1. The van der Waals surface area contributed by atoms with Crippen molar-refractivity contribution in [2.45, 2.75) is 25.7 Å². The molecule has 0 saturated heterocycles. The van der Waals surface area contributed by atoms with Gasteiger partial charge in [-0.25, -0.2) is 0 Å². The summed E-state index contributed by atoms with van der Waals surface area (Å²) in [4.78, 5) is 22.0. The smallest absolute Gasteiger partial charge is 0.303 e. The average molecular weight is 260 g/mol. The molecule has 0 bridgehead atoms. The summed E-state index contributed by atoms with van der Waals surface area (Å²) in [5.74, 6) is -1.01. The monoisotopic (exact) mass is 260 g/mol. The molecule has 0 aliphatic rings. The third-order valence-corrected chi connectivity index (χ3v) is 2.61. The molecule has 100 valence electrons. The van der Waals surface area contributed by atoms with Crippen molar-refractivity contribution in [1.82, 2.24) is 5.32 Å². The Balaban J connectivity index is 2.28. The number of carbonyl (C=O) groups is 2. The summed E-state index contributed by atoms with van der Waals surface area (Å²) < 4.78 is 0. The second-order valence-electron chi connectivity index (χ2n) is 4.15. The third kappa shape index (κ3) is 5.68. The molecule has 0 unspecified atom stereocenters. The Morgan fingerprint density at radius 2 is 2.05 bits per heavy atom. The molecule has 1 rings (SSSR count). The van der Waals surface area contributed by atoms with E-state index in [1.54, 1.807) is 24.3 Å². The highest BCUT2D eigenvalue weighted by Crippen LogP contribution is 2.04. The molecule has 0 aromatic heterocycles. The van der Waals surface area contributed by atoms with Crippen molar-refractivity contribution in [3.63, 3.8) is 0 Å². The van der Waals surface area contributed by atoms with Crippen LogP contribution in [0.15, 0.2) is 24.3 Å². The van der Waals surface area contributed by atoms with Gasteiger partial charge in [-0.1, -0.05) is 12.5 Å². The number of rotatable bonds is 7. The SMILES string of the molecule is N#Cc1cccc(C(=O)NCCCCCC(=O)O)c1. The second-order valence-corrected chi connectivity index (χ2v) is 4.15. The fourth-order valence-corrected chi connectivity index (χ4v) is 1.61. The van der Waals surface area contributed by atoms with E-state index in [9.17, 15) is 9.59 Å². The number of amides is 1. The largest absolute Gasteiger partial charge is 0.481 e. The average Bonchev–Trinajstić information content (AvgIpc) is 2.42. The molecule has 0 aliphatic heterocycles. The molecule has 0 spiro atoms. The molecular formula is C14H16N2O3. The van der Waals surface area contributed by atoms with Crippen LogP contribution in [0.25, 0.3) is 0 Å². The number of benzene rings is 1. The molecular weight excluding hydrogens is 244 g/mol. The van der Waals surface area contributed by atoms with Crippen LogP contribution in [0.3, 0.4) is 0 Å². The van der Waals surface area contributed by atoms with E-state index in [0.29, 0.717) is 24.1 Å². The van der Waals surface area contributed by atoms with Gasteiger partial charge in [0.15, 0.2) is 0 Å². The van der Waals surface area contributed by atoms with Crippen LogP contribution in [0, 0.1) is 11.3 Å². The third-order valence-electron chi connectivity index (χ3n) is 2.61. The van der Waals surface area contributed by atoms with Crippen LogP contribution in [0.2, 0.25) is 0 Å². The van der Waals surface area contributed by atoms with Gasteiger partial charge in [0.05, 0.1) is 11.6 Å². The van der Waals surface area contributed by atoms with Gasteiger partial charge in [0.1, 0.15) is 0 Å². The fraction of sp³-hybridized carbons (Fsp3) is 0.357. The summed E-state index contributed by atoms with van der Waals surface area (Å²) in [5, 5.41) is 19.9. The number of hydrogen-bond acceptors (Lipinski definition) is 3. The Hall–Kier alpha value is -2.35. The molecule has 5 heteroatoms. The van der Waals surface area contributed by atoms with Crippen molar-refractivity contribution in [1.29, 1.82) is 5.26 Å². The van der Waals surface area contributed by atoms with Gasteiger partial charge in [-0.2, -0.15) is 5.26 Å². The first-order valence-electron chi connectivity index (χ1n) is 6.13. The van der Waals surface area contributed by atoms with E-state index >= 15 is 0 Å². The van der Waals surface area contributed by atoms with Gasteiger partial charge >= 0.3 is 5.97 Å². The molecule has 5 nitrogen and oxygen atoms in total. The molecule has 0 aliphatic carbocycles. The lowest BCUT2D eigenvalue weighted by Gasteiger charge is -2.05. The molecule has 0 heterocycles. The van der Waals surface area contributed by atoms with Crippen molar-refractivity contribution in [3.8, 4) is 6.07 Å². The van der Waals surface area contributed by atoms with Gasteiger partial charge in [-0.05, 0) is 31.0 Å². The summed E-state index contributed by atoms with van der Waals surface area (Å²) in [5.41, 5.74) is 0.915. The highest BCUT2D eigenvalue weighted by Gasteiger charge is 2.05. The molecule has 0 radical (unpaired) electrons. The summed E-state index contributed by atoms with van der Waals surface area (Å²) in [6.07, 6.45) is 2.30. The first-order valence-corrected chi connectivity index (χ1v) is 6.13. The number of carboxylic acid groups (broad SMARTS) is 1. The van der Waals surface area contributed by atoms with Gasteiger partial charge in [-0.3, -0.25) is 9.59 Å². The van der Waals surface area contributed by atoms with Gasteiger partial charge in [0.25, 0.3) is 5.91 Å². The van der Waals surface area contributed by atoms with E-state index in [1.807, 2.05) is 6.07 Å². The van der Waals surface area contributed by atoms with Gasteiger partial charge in [-0.15, -0.1) is 0 Å². The van der Waals surface area contributed by atoms with Crippen molar-refractivity contribution >= 4 is 11.9 Å². The van der Waals surface area contributed by atoms with Crippen LogP contribution >= 0.6 is 0 Å². The molecule has 1 amide bonds. The highest BCUT2D eigenvalue weighted by atomic mass is 16.4. The van der Waals surface area contributed by atoms with E-state index in [-0.39, 0.29) is 12.3 Å². The number of hydrogen-bond donors (Lipinski definition) is 2. The number of nitrogens with one attached hydrogen (secondary N) is 1. The zero-order valence-corrected chi connectivity index (χ0v) is 10.6. The molecule has 0 saturated carbocycles. The first kappa shape index (κ1) is 14.7. The number of nitrogens with zero attached hydrogens (tertiary/aromatic N) is 1. The standard InChI is InChI=1S/C14H16N2O3/c15-10-11-5-4-6-12(9-11)14(19)16-8-3-1-2-7-13(17)18/h4-6,9H,1-3,7-8H2,(H,16,19)(H,17,18). The van der Waals surface area contributed by atoms with Crippen LogP contribution in [-0.4, -0.2) is 23.5 Å². The quantitative estimate of drug-likeness (QED) is 0.733. The van der Waals surface area contributed by atoms with Gasteiger partial charge in [0.2, 0.25) is 0 Å². The Bertz CT molecular complexity index is 492. The van der Waals surface area contributed by atoms with Crippen LogP contribution < -0.4 is 5.32 Å². The van der Waals surface area contributed by atoms with Crippen molar-refractivity contribution < 1.29 is 14.7 Å². The summed E-state index contributed by atoms with van der Waals surface area (Å²) in [6.45, 7) is 0.509. The maximum atomic E-state index is 11.7. The van der Waals surface area contributed by atoms with Crippen LogP contribution in [0.4, 0.5) is 0 Å². The molecule has 0 atom stereocenters. The maximum absolute atomic E-state index is 11.7. The normalized spacial score (nSPS) is 9.63. The van der Waals surface area contributed by atoms with Crippen molar-refractivity contribution in [3.05, 3.63) is 35.4 Å². The Morgan fingerprint density at radius 1 is 1.26 bits per heavy atom. The van der Waals surface area contributed by atoms with E-state index in [1.165, 1.54) is 0 Å². The number of unbranched alkanes of at least 4 members (excludes halogenated alkanes) is 2. The van der Waals surface area contributed by atoms with Crippen molar-refractivity contribution in [2.75, 3.05) is 6.54 Å². The lowest BCUT2D eigenvalue weighted by Crippen LogP contribution is -2.24. The number of carbonyl (C=O) groups excluding carboxylic acids is 1. The lowest BCUT2D eigenvalue weighted by molar-refractivity contribution is -0.137. The van der Waals surface area contributed by atoms with Crippen LogP contribution in [0.5, 0.6) is 0 Å². The van der Waals surface area contributed by atoms with Crippen molar-refractivity contribution in [2.24, 2.45) is 0 Å².